The Labute approximate surface area is 184 Å². The Morgan fingerprint density at radius 1 is 0.844 bits per heavy atom. The van der Waals surface area contributed by atoms with Gasteiger partial charge in [-0.05, 0) is 36.4 Å². The van der Waals surface area contributed by atoms with E-state index >= 15 is 0 Å². The van der Waals surface area contributed by atoms with E-state index < -0.39 is 25.3 Å². The SMILES string of the molecule is COc1ccc(C2NC3=C(O[P+]2([O-])Oc2ccccc2)C(=O)c2ccccc2C3=O)cc1. The number of Topliss-reactive ketones (excluding diaryl/α,β-unsaturated/α-hetero) is 2. The first-order valence-corrected chi connectivity index (χ1v) is 11.5. The molecule has 0 saturated heterocycles. The molecule has 2 unspecified atom stereocenters. The first-order chi connectivity index (χ1) is 15.5. The van der Waals surface area contributed by atoms with Gasteiger partial charge in [0, 0.05) is 16.7 Å². The molecule has 0 spiro atoms. The van der Waals surface area contributed by atoms with Gasteiger partial charge in [-0.15, -0.1) is 0 Å². The molecule has 1 N–H and O–H groups in total. The van der Waals surface area contributed by atoms with Crippen molar-refractivity contribution in [1.29, 1.82) is 0 Å². The van der Waals surface area contributed by atoms with Crippen LogP contribution < -0.4 is 19.5 Å². The molecule has 5 rings (SSSR count). The summed E-state index contributed by atoms with van der Waals surface area (Å²) >= 11 is 0. The number of carbonyl (C=O) groups excluding carboxylic acids is 2. The zero-order valence-electron chi connectivity index (χ0n) is 17.0. The van der Waals surface area contributed by atoms with Gasteiger partial charge in [0.05, 0.1) is 7.11 Å². The average molecular weight is 447 g/mol. The van der Waals surface area contributed by atoms with Gasteiger partial charge in [0.15, 0.2) is 5.75 Å². The van der Waals surface area contributed by atoms with Crippen molar-refractivity contribution in [3.8, 4) is 11.5 Å². The summed E-state index contributed by atoms with van der Waals surface area (Å²) in [6.07, 6.45) is 0. The molecular formula is C24H18NO6P. The molecular weight excluding hydrogens is 429 g/mol. The van der Waals surface area contributed by atoms with Gasteiger partial charge in [0.1, 0.15) is 11.4 Å². The minimum atomic E-state index is -4.04. The van der Waals surface area contributed by atoms with E-state index in [-0.39, 0.29) is 22.6 Å². The highest BCUT2D eigenvalue weighted by molar-refractivity contribution is 7.60. The minimum absolute atomic E-state index is 0.0299. The second-order valence-electron chi connectivity index (χ2n) is 7.26. The molecule has 0 radical (unpaired) electrons. The van der Waals surface area contributed by atoms with Crippen LogP contribution >= 0.6 is 7.94 Å². The Bertz CT molecular complexity index is 1240. The van der Waals surface area contributed by atoms with Crippen molar-refractivity contribution < 1.29 is 28.3 Å². The number of ketones is 2. The van der Waals surface area contributed by atoms with Crippen LogP contribution in [0.3, 0.4) is 0 Å². The molecule has 0 fully saturated rings. The lowest BCUT2D eigenvalue weighted by molar-refractivity contribution is -0.212. The number of ether oxygens (including phenoxy) is 1. The molecule has 0 aromatic heterocycles. The third-order valence-electron chi connectivity index (χ3n) is 5.30. The van der Waals surface area contributed by atoms with Crippen LogP contribution in [0, 0.1) is 0 Å². The highest BCUT2D eigenvalue weighted by Gasteiger charge is 2.54. The van der Waals surface area contributed by atoms with Gasteiger partial charge >= 0.3 is 7.94 Å². The second-order valence-corrected chi connectivity index (χ2v) is 9.22. The number of benzene rings is 3. The molecule has 2 aliphatic rings. The third kappa shape index (κ3) is 3.32. The van der Waals surface area contributed by atoms with Crippen LogP contribution in [-0.2, 0) is 4.52 Å². The van der Waals surface area contributed by atoms with Crippen molar-refractivity contribution in [3.63, 3.8) is 0 Å². The fraction of sp³-hybridized carbons (Fsp3) is 0.0833. The molecule has 1 aliphatic carbocycles. The maximum Gasteiger partial charge on any atom is 0.359 e. The number of methoxy groups -OCH3 is 1. The predicted molar refractivity (Wildman–Crippen MR) is 116 cm³/mol. The smallest absolute Gasteiger partial charge is 0.359 e. The van der Waals surface area contributed by atoms with Crippen molar-refractivity contribution in [1.82, 2.24) is 5.32 Å². The predicted octanol–water partition coefficient (Wildman–Crippen LogP) is 3.81. The fourth-order valence-electron chi connectivity index (χ4n) is 3.72. The number of rotatable bonds is 4. The van der Waals surface area contributed by atoms with E-state index in [1.54, 1.807) is 86.0 Å². The molecule has 3 aromatic carbocycles. The number of fused-ring (bicyclic) bond motifs is 1. The van der Waals surface area contributed by atoms with E-state index in [1.165, 1.54) is 0 Å². The summed E-state index contributed by atoms with van der Waals surface area (Å²) in [4.78, 5) is 40.3. The van der Waals surface area contributed by atoms with E-state index in [2.05, 4.69) is 5.32 Å². The van der Waals surface area contributed by atoms with Gasteiger partial charge in [0.25, 0.3) is 5.76 Å². The molecule has 0 bridgehead atoms. The van der Waals surface area contributed by atoms with E-state index in [0.29, 0.717) is 17.1 Å². The van der Waals surface area contributed by atoms with Gasteiger partial charge in [-0.25, -0.2) is 0 Å². The Balaban J connectivity index is 1.61. The molecule has 7 nitrogen and oxygen atoms in total. The Kier molecular flexibility index (Phi) is 4.93. The van der Waals surface area contributed by atoms with Gasteiger partial charge in [-0.2, -0.15) is 0 Å². The quantitative estimate of drug-likeness (QED) is 0.608. The minimum Gasteiger partial charge on any atom is -0.615 e. The van der Waals surface area contributed by atoms with E-state index in [0.717, 1.165) is 0 Å². The number of para-hydroxylation sites is 1. The molecule has 1 heterocycles. The summed E-state index contributed by atoms with van der Waals surface area (Å²) in [5.74, 6) is -1.31. The first kappa shape index (κ1) is 20.2. The average Bonchev–Trinajstić information content (AvgIpc) is 2.83. The summed E-state index contributed by atoms with van der Waals surface area (Å²) < 4.78 is 16.8. The van der Waals surface area contributed by atoms with Crippen LogP contribution in [-0.4, -0.2) is 18.7 Å². The Morgan fingerprint density at radius 2 is 1.47 bits per heavy atom. The number of hydrogen-bond donors (Lipinski definition) is 1. The van der Waals surface area contributed by atoms with E-state index in [4.69, 9.17) is 13.8 Å². The lowest BCUT2D eigenvalue weighted by Crippen LogP contribution is -2.43. The Morgan fingerprint density at radius 3 is 2.12 bits per heavy atom. The molecule has 0 amide bonds. The lowest BCUT2D eigenvalue weighted by atomic mass is 9.91. The highest BCUT2D eigenvalue weighted by atomic mass is 31.2. The molecule has 32 heavy (non-hydrogen) atoms. The topological polar surface area (TPSA) is 96.9 Å². The first-order valence-electron chi connectivity index (χ1n) is 9.87. The van der Waals surface area contributed by atoms with Gasteiger partial charge < -0.3 is 24.0 Å². The molecule has 160 valence electrons. The number of hydrogen-bond acceptors (Lipinski definition) is 7. The van der Waals surface area contributed by atoms with Crippen molar-refractivity contribution >= 4 is 19.5 Å². The number of carbonyl (C=O) groups is 2. The molecule has 3 aromatic rings. The summed E-state index contributed by atoms with van der Waals surface area (Å²) in [7, 11) is -2.50. The van der Waals surface area contributed by atoms with E-state index in [9.17, 15) is 14.5 Å². The number of allylic oxidation sites excluding steroid dienone is 2. The summed E-state index contributed by atoms with van der Waals surface area (Å²) in [6.45, 7) is 0. The van der Waals surface area contributed by atoms with Crippen LogP contribution in [0.2, 0.25) is 0 Å². The van der Waals surface area contributed by atoms with Crippen molar-refractivity contribution in [2.24, 2.45) is 0 Å². The maximum absolute atomic E-state index is 14.1. The fourth-order valence-corrected chi connectivity index (χ4v) is 5.64. The zero-order valence-corrected chi connectivity index (χ0v) is 17.9. The van der Waals surface area contributed by atoms with Crippen molar-refractivity contribution in [2.45, 2.75) is 5.78 Å². The van der Waals surface area contributed by atoms with Crippen LogP contribution in [0.25, 0.3) is 0 Å². The van der Waals surface area contributed by atoms with Crippen molar-refractivity contribution in [2.75, 3.05) is 7.11 Å². The van der Waals surface area contributed by atoms with Gasteiger partial charge in [0.2, 0.25) is 17.3 Å². The lowest BCUT2D eigenvalue weighted by Gasteiger charge is -2.40. The highest BCUT2D eigenvalue weighted by Crippen LogP contribution is 2.66. The summed E-state index contributed by atoms with van der Waals surface area (Å²) in [5, 5.41) is 3.00. The van der Waals surface area contributed by atoms with Crippen LogP contribution in [0.1, 0.15) is 32.1 Å². The molecule has 1 aliphatic heterocycles. The zero-order chi connectivity index (χ0) is 22.3. The van der Waals surface area contributed by atoms with Crippen LogP contribution in [0.4, 0.5) is 0 Å². The van der Waals surface area contributed by atoms with Crippen LogP contribution in [0.15, 0.2) is 90.3 Å². The Hall–Kier alpha value is -3.67. The molecule has 2 atom stereocenters. The van der Waals surface area contributed by atoms with Crippen molar-refractivity contribution in [3.05, 3.63) is 107 Å². The third-order valence-corrected chi connectivity index (χ3v) is 7.26. The normalized spacial score (nSPS) is 21.8. The largest absolute Gasteiger partial charge is 0.615 e. The van der Waals surface area contributed by atoms with Gasteiger partial charge in [-0.1, -0.05) is 42.5 Å². The molecule has 8 heteroatoms. The number of nitrogens with one attached hydrogen (secondary N) is 1. The monoisotopic (exact) mass is 447 g/mol. The standard InChI is InChI=1S/C24H18NO6P/c1-29-16-13-11-15(12-14-16)24-25-20-21(26)18-9-5-6-10-19(18)22(27)23(20)31-32(24,28)30-17-7-3-2-4-8-17/h2-14,24-25H,1H3. The molecule has 0 saturated carbocycles. The second kappa shape index (κ2) is 7.79. The van der Waals surface area contributed by atoms with E-state index in [1.807, 2.05) is 0 Å². The summed E-state index contributed by atoms with van der Waals surface area (Å²) in [6, 6.07) is 21.8. The summed E-state index contributed by atoms with van der Waals surface area (Å²) in [5.41, 5.74) is 0.988. The maximum atomic E-state index is 14.1. The van der Waals surface area contributed by atoms with Crippen LogP contribution in [0.5, 0.6) is 11.5 Å². The van der Waals surface area contributed by atoms with Gasteiger partial charge in [-0.3, -0.25) is 9.59 Å².